The minimum atomic E-state index is -0.135. The molecule has 1 heterocycles. The fourth-order valence-corrected chi connectivity index (χ4v) is 2.90. The van der Waals surface area contributed by atoms with Gasteiger partial charge in [0.25, 0.3) is 5.91 Å². The Morgan fingerprint density at radius 3 is 2.38 bits per heavy atom. The molecule has 0 radical (unpaired) electrons. The Morgan fingerprint density at radius 1 is 0.962 bits per heavy atom. The van der Waals surface area contributed by atoms with E-state index in [0.717, 1.165) is 10.9 Å². The van der Waals surface area contributed by atoms with E-state index in [-0.39, 0.29) is 11.9 Å². The van der Waals surface area contributed by atoms with Crippen LogP contribution in [0.1, 0.15) is 24.2 Å². The fourth-order valence-electron chi connectivity index (χ4n) is 2.90. The Hall–Kier alpha value is -3.08. The number of carbonyl (C=O) groups excluding carboxylic acids is 1. The summed E-state index contributed by atoms with van der Waals surface area (Å²) in [6, 6.07) is 16.8. The van der Waals surface area contributed by atoms with Gasteiger partial charge in [0.2, 0.25) is 0 Å². The summed E-state index contributed by atoms with van der Waals surface area (Å²) in [7, 11) is 3.12. The lowest BCUT2D eigenvalue weighted by Crippen LogP contribution is -2.37. The number of hydrogen-bond donors (Lipinski definition) is 0. The predicted octanol–water partition coefficient (Wildman–Crippen LogP) is 4.31. The van der Waals surface area contributed by atoms with Gasteiger partial charge in [-0.15, -0.1) is 0 Å². The molecule has 134 valence electrons. The van der Waals surface area contributed by atoms with Crippen molar-refractivity contribution in [2.24, 2.45) is 0 Å². The van der Waals surface area contributed by atoms with Crippen LogP contribution in [0.15, 0.2) is 54.6 Å². The van der Waals surface area contributed by atoms with Crippen molar-refractivity contribution in [3.05, 3.63) is 60.2 Å². The summed E-state index contributed by atoms with van der Waals surface area (Å²) in [6.45, 7) is 3.94. The molecular weight excluding hydrogens is 328 g/mol. The number of ether oxygens (including phenoxy) is 2. The minimum absolute atomic E-state index is 0.0516. The molecule has 1 aromatic heterocycles. The molecular formula is C21H22N2O3. The Morgan fingerprint density at radius 2 is 1.69 bits per heavy atom. The van der Waals surface area contributed by atoms with E-state index in [1.54, 1.807) is 37.3 Å². The zero-order valence-corrected chi connectivity index (χ0v) is 15.4. The van der Waals surface area contributed by atoms with Crippen molar-refractivity contribution in [3.8, 4) is 11.5 Å². The summed E-state index contributed by atoms with van der Waals surface area (Å²) in [6.07, 6.45) is 0. The molecule has 1 amide bonds. The number of amides is 1. The van der Waals surface area contributed by atoms with Gasteiger partial charge >= 0.3 is 0 Å². The molecule has 0 aliphatic rings. The third kappa shape index (κ3) is 3.33. The highest BCUT2D eigenvalue weighted by molar-refractivity contribution is 6.06. The third-order valence-electron chi connectivity index (χ3n) is 4.20. The van der Waals surface area contributed by atoms with E-state index in [1.165, 1.54) is 0 Å². The van der Waals surface area contributed by atoms with E-state index < -0.39 is 0 Å². The van der Waals surface area contributed by atoms with Crippen LogP contribution in [0.3, 0.4) is 0 Å². The standard InChI is InChI=1S/C21H22N2O3/c1-14(2)23(20-12-10-15-7-5-6-8-17(15)22-20)21(24)16-9-11-18(25-3)19(13-16)26-4/h5-14H,1-4H3. The van der Waals surface area contributed by atoms with Crippen LogP contribution in [-0.2, 0) is 0 Å². The number of anilines is 1. The minimum Gasteiger partial charge on any atom is -0.493 e. The average molecular weight is 350 g/mol. The van der Waals surface area contributed by atoms with E-state index in [0.29, 0.717) is 22.9 Å². The molecule has 5 nitrogen and oxygen atoms in total. The predicted molar refractivity (Wildman–Crippen MR) is 103 cm³/mol. The van der Waals surface area contributed by atoms with Crippen molar-refractivity contribution >= 4 is 22.6 Å². The van der Waals surface area contributed by atoms with Crippen molar-refractivity contribution in [2.75, 3.05) is 19.1 Å². The van der Waals surface area contributed by atoms with Crippen molar-refractivity contribution < 1.29 is 14.3 Å². The van der Waals surface area contributed by atoms with Gasteiger partial charge in [-0.05, 0) is 50.2 Å². The SMILES string of the molecule is COc1ccc(C(=O)N(c2ccc3ccccc3n2)C(C)C)cc1OC. The molecule has 0 bridgehead atoms. The molecule has 3 rings (SSSR count). The molecule has 0 atom stereocenters. The van der Waals surface area contributed by atoms with Gasteiger partial charge < -0.3 is 9.47 Å². The molecule has 0 spiro atoms. The van der Waals surface area contributed by atoms with E-state index in [4.69, 9.17) is 9.47 Å². The highest BCUT2D eigenvalue weighted by Gasteiger charge is 2.23. The van der Waals surface area contributed by atoms with Crippen LogP contribution >= 0.6 is 0 Å². The summed E-state index contributed by atoms with van der Waals surface area (Å²) in [5, 5.41) is 1.04. The number of pyridine rings is 1. The quantitative estimate of drug-likeness (QED) is 0.688. The number of aromatic nitrogens is 1. The molecule has 26 heavy (non-hydrogen) atoms. The van der Waals surface area contributed by atoms with Crippen LogP contribution in [0.5, 0.6) is 11.5 Å². The van der Waals surface area contributed by atoms with Crippen LogP contribution in [-0.4, -0.2) is 31.2 Å². The Balaban J connectivity index is 2.02. The number of nitrogens with zero attached hydrogens (tertiary/aromatic N) is 2. The summed E-state index contributed by atoms with van der Waals surface area (Å²) in [5.74, 6) is 1.60. The number of rotatable bonds is 5. The summed E-state index contributed by atoms with van der Waals surface area (Å²) in [4.78, 5) is 19.5. The van der Waals surface area contributed by atoms with Gasteiger partial charge in [-0.2, -0.15) is 0 Å². The number of hydrogen-bond acceptors (Lipinski definition) is 4. The van der Waals surface area contributed by atoms with Crippen LogP contribution in [0, 0.1) is 0 Å². The zero-order chi connectivity index (χ0) is 18.7. The van der Waals surface area contributed by atoms with Gasteiger partial charge in [0.05, 0.1) is 19.7 Å². The van der Waals surface area contributed by atoms with Crippen molar-refractivity contribution in [2.45, 2.75) is 19.9 Å². The van der Waals surface area contributed by atoms with E-state index >= 15 is 0 Å². The largest absolute Gasteiger partial charge is 0.493 e. The number of para-hydroxylation sites is 1. The second kappa shape index (κ2) is 7.44. The van der Waals surface area contributed by atoms with Crippen molar-refractivity contribution in [1.29, 1.82) is 0 Å². The first kappa shape index (κ1) is 17.7. The molecule has 0 unspecified atom stereocenters. The Labute approximate surface area is 153 Å². The maximum atomic E-state index is 13.2. The monoisotopic (exact) mass is 350 g/mol. The van der Waals surface area contributed by atoms with E-state index in [1.807, 2.05) is 50.2 Å². The average Bonchev–Trinajstić information content (AvgIpc) is 2.67. The second-order valence-electron chi connectivity index (χ2n) is 6.20. The van der Waals surface area contributed by atoms with Crippen LogP contribution < -0.4 is 14.4 Å². The molecule has 0 saturated carbocycles. The molecule has 3 aromatic rings. The summed E-state index contributed by atoms with van der Waals surface area (Å²) < 4.78 is 10.6. The van der Waals surface area contributed by atoms with Crippen LogP contribution in [0.2, 0.25) is 0 Å². The number of fused-ring (bicyclic) bond motifs is 1. The van der Waals surface area contributed by atoms with Gasteiger partial charge in [-0.1, -0.05) is 18.2 Å². The lowest BCUT2D eigenvalue weighted by atomic mass is 10.1. The van der Waals surface area contributed by atoms with Crippen molar-refractivity contribution in [1.82, 2.24) is 4.98 Å². The lowest BCUT2D eigenvalue weighted by molar-refractivity contribution is 0.0979. The Kier molecular flexibility index (Phi) is 5.07. The van der Waals surface area contributed by atoms with E-state index in [2.05, 4.69) is 4.98 Å². The second-order valence-corrected chi connectivity index (χ2v) is 6.20. The van der Waals surface area contributed by atoms with Gasteiger partial charge in [0.15, 0.2) is 11.5 Å². The van der Waals surface area contributed by atoms with Gasteiger partial charge in [0, 0.05) is 17.0 Å². The number of carbonyl (C=O) groups is 1. The van der Waals surface area contributed by atoms with Crippen molar-refractivity contribution in [3.63, 3.8) is 0 Å². The molecule has 0 saturated heterocycles. The maximum Gasteiger partial charge on any atom is 0.259 e. The topological polar surface area (TPSA) is 51.7 Å². The first-order chi connectivity index (χ1) is 12.5. The first-order valence-electron chi connectivity index (χ1n) is 8.46. The summed E-state index contributed by atoms with van der Waals surface area (Å²) >= 11 is 0. The van der Waals surface area contributed by atoms with E-state index in [9.17, 15) is 4.79 Å². The van der Waals surface area contributed by atoms with Crippen LogP contribution in [0.4, 0.5) is 5.82 Å². The highest BCUT2D eigenvalue weighted by Crippen LogP contribution is 2.29. The van der Waals surface area contributed by atoms with Gasteiger partial charge in [-0.3, -0.25) is 9.69 Å². The molecule has 0 aliphatic carbocycles. The molecule has 0 fully saturated rings. The number of benzene rings is 2. The molecule has 0 aliphatic heterocycles. The fraction of sp³-hybridized carbons (Fsp3) is 0.238. The maximum absolute atomic E-state index is 13.2. The molecule has 0 N–H and O–H groups in total. The molecule has 2 aromatic carbocycles. The van der Waals surface area contributed by atoms with Gasteiger partial charge in [0.1, 0.15) is 5.82 Å². The molecule has 5 heteroatoms. The lowest BCUT2D eigenvalue weighted by Gasteiger charge is -2.26. The van der Waals surface area contributed by atoms with Crippen LogP contribution in [0.25, 0.3) is 10.9 Å². The number of methoxy groups -OCH3 is 2. The Bertz CT molecular complexity index is 937. The van der Waals surface area contributed by atoms with Gasteiger partial charge in [-0.25, -0.2) is 4.98 Å². The highest BCUT2D eigenvalue weighted by atomic mass is 16.5. The first-order valence-corrected chi connectivity index (χ1v) is 8.46. The zero-order valence-electron chi connectivity index (χ0n) is 15.4. The normalized spacial score (nSPS) is 10.8. The smallest absolute Gasteiger partial charge is 0.259 e. The summed E-state index contributed by atoms with van der Waals surface area (Å²) in [5.41, 5.74) is 1.38. The third-order valence-corrected chi connectivity index (χ3v) is 4.20.